The van der Waals surface area contributed by atoms with E-state index in [9.17, 15) is 0 Å². The van der Waals surface area contributed by atoms with Crippen LogP contribution in [0.3, 0.4) is 0 Å². The highest BCUT2D eigenvalue weighted by Gasteiger charge is 2.12. The molecule has 31 heavy (non-hydrogen) atoms. The average molecular weight is 399 g/mol. The standard InChI is InChI=1S/C28H21N3/c1-20-9-8-14-24(17-20)28-30-25(22-12-6-3-7-13-22)19-27(31-28)26-18-23(15-16-29-26)21-10-4-2-5-11-21/h2-19H,1H3. The molecule has 0 aliphatic heterocycles. The van der Waals surface area contributed by atoms with Gasteiger partial charge in [0.1, 0.15) is 0 Å². The highest BCUT2D eigenvalue weighted by Crippen LogP contribution is 2.29. The molecule has 0 fully saturated rings. The highest BCUT2D eigenvalue weighted by molar-refractivity contribution is 5.73. The Hall–Kier alpha value is -4.11. The molecule has 0 saturated heterocycles. The lowest BCUT2D eigenvalue weighted by atomic mass is 10.0. The summed E-state index contributed by atoms with van der Waals surface area (Å²) in [5, 5.41) is 0. The van der Waals surface area contributed by atoms with Crippen molar-refractivity contribution in [1.29, 1.82) is 0 Å². The summed E-state index contributed by atoms with van der Waals surface area (Å²) in [6.45, 7) is 2.08. The van der Waals surface area contributed by atoms with E-state index in [-0.39, 0.29) is 0 Å². The van der Waals surface area contributed by atoms with Crippen molar-refractivity contribution in [2.24, 2.45) is 0 Å². The van der Waals surface area contributed by atoms with Gasteiger partial charge in [-0.25, -0.2) is 9.97 Å². The predicted octanol–water partition coefficient (Wildman–Crippen LogP) is 6.85. The van der Waals surface area contributed by atoms with Crippen LogP contribution in [0.5, 0.6) is 0 Å². The molecule has 148 valence electrons. The van der Waals surface area contributed by atoms with E-state index < -0.39 is 0 Å². The van der Waals surface area contributed by atoms with Gasteiger partial charge in [-0.05, 0) is 42.3 Å². The van der Waals surface area contributed by atoms with E-state index in [1.165, 1.54) is 5.56 Å². The molecule has 5 aromatic rings. The van der Waals surface area contributed by atoms with Gasteiger partial charge < -0.3 is 0 Å². The van der Waals surface area contributed by atoms with Crippen LogP contribution in [-0.2, 0) is 0 Å². The molecule has 0 radical (unpaired) electrons. The summed E-state index contributed by atoms with van der Waals surface area (Å²) in [5.74, 6) is 0.701. The maximum Gasteiger partial charge on any atom is 0.160 e. The maximum atomic E-state index is 4.90. The zero-order chi connectivity index (χ0) is 21.0. The summed E-state index contributed by atoms with van der Waals surface area (Å²) < 4.78 is 0. The van der Waals surface area contributed by atoms with Crippen molar-refractivity contribution < 1.29 is 0 Å². The first-order valence-electron chi connectivity index (χ1n) is 10.3. The van der Waals surface area contributed by atoms with Gasteiger partial charge in [0.05, 0.1) is 17.1 Å². The molecule has 0 unspecified atom stereocenters. The Morgan fingerprint density at radius 1 is 0.484 bits per heavy atom. The van der Waals surface area contributed by atoms with E-state index in [0.717, 1.165) is 39.3 Å². The summed E-state index contributed by atoms with van der Waals surface area (Å²) in [7, 11) is 0. The van der Waals surface area contributed by atoms with Crippen LogP contribution in [0.1, 0.15) is 5.56 Å². The predicted molar refractivity (Wildman–Crippen MR) is 126 cm³/mol. The van der Waals surface area contributed by atoms with E-state index >= 15 is 0 Å². The molecule has 0 aliphatic rings. The molecule has 0 atom stereocenters. The molecule has 5 rings (SSSR count). The second-order valence-electron chi connectivity index (χ2n) is 7.49. The van der Waals surface area contributed by atoms with Gasteiger partial charge >= 0.3 is 0 Å². The minimum atomic E-state index is 0.701. The molecule has 3 heteroatoms. The largest absolute Gasteiger partial charge is 0.255 e. The third-order valence-electron chi connectivity index (χ3n) is 5.20. The first-order chi connectivity index (χ1) is 15.3. The van der Waals surface area contributed by atoms with Crippen molar-refractivity contribution in [1.82, 2.24) is 15.0 Å². The van der Waals surface area contributed by atoms with Crippen molar-refractivity contribution in [2.75, 3.05) is 0 Å². The zero-order valence-electron chi connectivity index (χ0n) is 17.2. The summed E-state index contributed by atoms with van der Waals surface area (Å²) in [6, 6.07) is 34.9. The van der Waals surface area contributed by atoms with Gasteiger partial charge in [-0.15, -0.1) is 0 Å². The van der Waals surface area contributed by atoms with Gasteiger partial charge in [-0.1, -0.05) is 84.4 Å². The fourth-order valence-electron chi connectivity index (χ4n) is 3.63. The van der Waals surface area contributed by atoms with Crippen molar-refractivity contribution in [3.8, 4) is 45.2 Å². The van der Waals surface area contributed by atoms with Crippen molar-refractivity contribution in [3.05, 3.63) is 115 Å². The molecular formula is C28H21N3. The molecule has 2 heterocycles. The first-order valence-corrected chi connectivity index (χ1v) is 10.3. The number of rotatable bonds is 4. The fraction of sp³-hybridized carbons (Fsp3) is 0.0357. The fourth-order valence-corrected chi connectivity index (χ4v) is 3.63. The molecule has 0 saturated carbocycles. The van der Waals surface area contributed by atoms with Gasteiger partial charge in [0.15, 0.2) is 5.82 Å². The van der Waals surface area contributed by atoms with Crippen LogP contribution in [0.2, 0.25) is 0 Å². The number of aryl methyl sites for hydroxylation is 1. The van der Waals surface area contributed by atoms with Gasteiger partial charge in [0.2, 0.25) is 0 Å². The van der Waals surface area contributed by atoms with E-state index in [0.29, 0.717) is 5.82 Å². The number of aromatic nitrogens is 3. The summed E-state index contributed by atoms with van der Waals surface area (Å²) in [6.07, 6.45) is 1.84. The Bertz CT molecular complexity index is 1330. The monoisotopic (exact) mass is 399 g/mol. The lowest BCUT2D eigenvalue weighted by Crippen LogP contribution is -1.97. The van der Waals surface area contributed by atoms with Crippen LogP contribution in [-0.4, -0.2) is 15.0 Å². The molecule has 0 N–H and O–H groups in total. The molecule has 0 aliphatic carbocycles. The third kappa shape index (κ3) is 4.12. The molecule has 0 spiro atoms. The number of benzene rings is 3. The topological polar surface area (TPSA) is 38.7 Å². The molecule has 0 amide bonds. The molecular weight excluding hydrogens is 378 g/mol. The number of hydrogen-bond acceptors (Lipinski definition) is 3. The second kappa shape index (κ2) is 8.33. The zero-order valence-corrected chi connectivity index (χ0v) is 17.2. The van der Waals surface area contributed by atoms with Gasteiger partial charge in [-0.2, -0.15) is 0 Å². The minimum absolute atomic E-state index is 0.701. The first kappa shape index (κ1) is 18.9. The Kier molecular flexibility index (Phi) is 5.07. The van der Waals surface area contributed by atoms with Crippen LogP contribution >= 0.6 is 0 Å². The van der Waals surface area contributed by atoms with E-state index in [1.54, 1.807) is 0 Å². The summed E-state index contributed by atoms with van der Waals surface area (Å²) in [4.78, 5) is 14.4. The van der Waals surface area contributed by atoms with Crippen molar-refractivity contribution >= 4 is 0 Å². The molecule has 3 aromatic carbocycles. The Morgan fingerprint density at radius 2 is 1.16 bits per heavy atom. The maximum absolute atomic E-state index is 4.90. The summed E-state index contributed by atoms with van der Waals surface area (Å²) >= 11 is 0. The van der Waals surface area contributed by atoms with Crippen LogP contribution in [0.15, 0.2) is 109 Å². The number of hydrogen-bond donors (Lipinski definition) is 0. The Morgan fingerprint density at radius 3 is 1.90 bits per heavy atom. The minimum Gasteiger partial charge on any atom is -0.255 e. The molecule has 0 bridgehead atoms. The van der Waals surface area contributed by atoms with Crippen LogP contribution in [0.25, 0.3) is 45.2 Å². The lowest BCUT2D eigenvalue weighted by Gasteiger charge is -2.10. The smallest absolute Gasteiger partial charge is 0.160 e. The van der Waals surface area contributed by atoms with Crippen molar-refractivity contribution in [3.63, 3.8) is 0 Å². The normalized spacial score (nSPS) is 10.7. The van der Waals surface area contributed by atoms with Gasteiger partial charge in [-0.3, -0.25) is 4.98 Å². The van der Waals surface area contributed by atoms with E-state index in [2.05, 4.69) is 60.4 Å². The van der Waals surface area contributed by atoms with Crippen LogP contribution in [0, 0.1) is 6.92 Å². The number of nitrogens with zero attached hydrogens (tertiary/aromatic N) is 3. The average Bonchev–Trinajstić information content (AvgIpc) is 2.85. The van der Waals surface area contributed by atoms with Gasteiger partial charge in [0, 0.05) is 17.3 Å². The molecule has 2 aromatic heterocycles. The van der Waals surface area contributed by atoms with Crippen LogP contribution < -0.4 is 0 Å². The van der Waals surface area contributed by atoms with E-state index in [1.807, 2.05) is 60.8 Å². The second-order valence-corrected chi connectivity index (χ2v) is 7.49. The third-order valence-corrected chi connectivity index (χ3v) is 5.20. The van der Waals surface area contributed by atoms with Crippen LogP contribution in [0.4, 0.5) is 0 Å². The summed E-state index contributed by atoms with van der Waals surface area (Å²) in [5.41, 5.74) is 8.02. The number of pyridine rings is 1. The molecule has 3 nitrogen and oxygen atoms in total. The van der Waals surface area contributed by atoms with Crippen molar-refractivity contribution in [2.45, 2.75) is 6.92 Å². The van der Waals surface area contributed by atoms with Gasteiger partial charge in [0.25, 0.3) is 0 Å². The Labute approximate surface area is 182 Å². The quantitative estimate of drug-likeness (QED) is 0.332. The lowest BCUT2D eigenvalue weighted by molar-refractivity contribution is 1.16. The SMILES string of the molecule is Cc1cccc(-c2nc(-c3ccccc3)cc(-c3cc(-c4ccccc4)ccn3)n2)c1. The Balaban J connectivity index is 1.67. The highest BCUT2D eigenvalue weighted by atomic mass is 14.9. The van der Waals surface area contributed by atoms with E-state index in [4.69, 9.17) is 9.97 Å².